The Morgan fingerprint density at radius 2 is 1.38 bits per heavy atom. The maximum atomic E-state index is 12.9. The maximum Gasteiger partial charge on any atom is 0.257 e. The zero-order valence-corrected chi connectivity index (χ0v) is 26.7. The topological polar surface area (TPSA) is 59.6 Å². The van der Waals surface area contributed by atoms with Crippen LogP contribution in [-0.2, 0) is 6.42 Å². The van der Waals surface area contributed by atoms with E-state index in [9.17, 15) is 4.79 Å². The highest BCUT2D eigenvalue weighted by molar-refractivity contribution is 6.02. The summed E-state index contributed by atoms with van der Waals surface area (Å²) in [5, 5.41) is 8.85. The van der Waals surface area contributed by atoms with Gasteiger partial charge in [0, 0.05) is 31.1 Å². The third-order valence-electron chi connectivity index (χ3n) is 8.50. The van der Waals surface area contributed by atoms with Crippen molar-refractivity contribution in [3.8, 4) is 0 Å². The van der Waals surface area contributed by atoms with Crippen LogP contribution < -0.4 is 4.90 Å². The maximum absolute atomic E-state index is 12.9. The van der Waals surface area contributed by atoms with E-state index in [1.54, 1.807) is 6.92 Å². The smallest absolute Gasteiger partial charge is 0.257 e. The number of carbonyl (C=O) groups excluding carboxylic acids is 1. The predicted octanol–water partition coefficient (Wildman–Crippen LogP) is 9.62. The molecule has 2 aliphatic rings. The summed E-state index contributed by atoms with van der Waals surface area (Å²) < 4.78 is 0. The largest absolute Gasteiger partial charge is 0.397 e. The van der Waals surface area contributed by atoms with E-state index in [-0.39, 0.29) is 18.7 Å². The molecule has 0 saturated heterocycles. The van der Waals surface area contributed by atoms with Crippen LogP contribution in [0.15, 0.2) is 48.5 Å². The number of para-hydroxylation sites is 2. The second kappa shape index (κ2) is 18.7. The van der Waals surface area contributed by atoms with Gasteiger partial charge in [-0.15, -0.1) is 0 Å². The first kappa shape index (κ1) is 33.7. The lowest BCUT2D eigenvalue weighted by atomic mass is 9.96. The SMILES string of the molecule is CCO.CN1c2ccccc2C(=O)N2CCc3c([nH]c4ccccc34)[C@H]21.[CH2]CCCCCCCCCCCCCCC. The number of unbranched alkanes of at least 4 members (excludes halogenated alkanes) is 13. The average molecular weight is 575 g/mol. The summed E-state index contributed by atoms with van der Waals surface area (Å²) in [4.78, 5) is 20.7. The number of aliphatic hydroxyl groups is 1. The van der Waals surface area contributed by atoms with Crippen LogP contribution in [0.25, 0.3) is 10.9 Å². The standard InChI is InChI=1S/C19H17N3O.C16H33.C2H6O/c1-21-16-9-5-3-7-14(16)19(23)22-11-10-13-12-6-2-4-8-15(12)20-17(13)18(21)22;1-3-5-7-9-11-13-15-16-14-12-10-8-6-4-2;1-2-3/h2-9,18,20H,10-11H2,1H3;1,3-16H2,2H3;3H,2H2,1H3/t18-;;/m0../s1. The number of anilines is 1. The van der Waals surface area contributed by atoms with Gasteiger partial charge in [0.15, 0.2) is 0 Å². The first-order valence-corrected chi connectivity index (χ1v) is 16.7. The Morgan fingerprint density at radius 1 is 0.833 bits per heavy atom. The molecule has 1 aromatic heterocycles. The third kappa shape index (κ3) is 9.10. The molecule has 5 rings (SSSR count). The Kier molecular flexibility index (Phi) is 15.0. The highest BCUT2D eigenvalue weighted by Gasteiger charge is 2.41. The number of hydrogen-bond acceptors (Lipinski definition) is 3. The van der Waals surface area contributed by atoms with Crippen LogP contribution in [0.2, 0.25) is 0 Å². The van der Waals surface area contributed by atoms with Gasteiger partial charge in [-0.1, -0.05) is 134 Å². The van der Waals surface area contributed by atoms with Gasteiger partial charge >= 0.3 is 0 Å². The molecule has 3 aromatic rings. The quantitative estimate of drug-likeness (QED) is 0.200. The highest BCUT2D eigenvalue weighted by Crippen LogP contribution is 2.42. The van der Waals surface area contributed by atoms with E-state index in [0.717, 1.165) is 41.8 Å². The van der Waals surface area contributed by atoms with Crippen molar-refractivity contribution in [2.75, 3.05) is 25.1 Å². The molecule has 1 amide bonds. The molecule has 5 heteroatoms. The number of nitrogens with one attached hydrogen (secondary N) is 1. The number of aliphatic hydroxyl groups excluding tert-OH is 1. The Labute approximate surface area is 255 Å². The lowest BCUT2D eigenvalue weighted by Crippen LogP contribution is -2.51. The molecular weight excluding hydrogens is 518 g/mol. The molecule has 2 aromatic carbocycles. The van der Waals surface area contributed by atoms with Crippen molar-refractivity contribution in [3.05, 3.63) is 72.3 Å². The Bertz CT molecular complexity index is 1170. The molecule has 0 fully saturated rings. The fraction of sp³-hybridized carbons (Fsp3) is 0.568. The lowest BCUT2D eigenvalue weighted by Gasteiger charge is -2.46. The summed E-state index contributed by atoms with van der Waals surface area (Å²) >= 11 is 0. The Balaban J connectivity index is 0.000000225. The van der Waals surface area contributed by atoms with Crippen molar-refractivity contribution in [2.24, 2.45) is 0 Å². The molecule has 3 heterocycles. The summed E-state index contributed by atoms with van der Waals surface area (Å²) in [6.07, 6.45) is 20.7. The van der Waals surface area contributed by atoms with Crippen molar-refractivity contribution in [3.63, 3.8) is 0 Å². The summed E-state index contributed by atoms with van der Waals surface area (Å²) in [6, 6.07) is 16.3. The normalized spacial score (nSPS) is 15.3. The van der Waals surface area contributed by atoms with Crippen LogP contribution in [0.4, 0.5) is 5.69 Å². The van der Waals surface area contributed by atoms with Gasteiger partial charge in [0.1, 0.15) is 6.17 Å². The van der Waals surface area contributed by atoms with E-state index in [4.69, 9.17) is 5.11 Å². The van der Waals surface area contributed by atoms with E-state index in [1.165, 1.54) is 94.4 Å². The van der Waals surface area contributed by atoms with Crippen molar-refractivity contribution in [2.45, 2.75) is 116 Å². The van der Waals surface area contributed by atoms with Crippen LogP contribution in [-0.4, -0.2) is 41.1 Å². The van der Waals surface area contributed by atoms with Gasteiger partial charge in [-0.3, -0.25) is 4.79 Å². The minimum atomic E-state index is -0.0476. The molecule has 0 unspecified atom stereocenters. The molecule has 5 nitrogen and oxygen atoms in total. The number of nitrogens with zero attached hydrogens (tertiary/aromatic N) is 2. The Hall–Kier alpha value is -2.79. The van der Waals surface area contributed by atoms with Crippen LogP contribution in [0.3, 0.4) is 0 Å². The second-order valence-electron chi connectivity index (χ2n) is 11.7. The fourth-order valence-corrected chi connectivity index (χ4v) is 6.28. The minimum Gasteiger partial charge on any atom is -0.397 e. The third-order valence-corrected chi connectivity index (χ3v) is 8.50. The van der Waals surface area contributed by atoms with E-state index >= 15 is 0 Å². The molecule has 1 atom stereocenters. The van der Waals surface area contributed by atoms with Gasteiger partial charge in [-0.25, -0.2) is 0 Å². The van der Waals surface area contributed by atoms with Gasteiger partial charge < -0.3 is 19.9 Å². The molecule has 0 aliphatic carbocycles. The summed E-state index contributed by atoms with van der Waals surface area (Å²) in [5.74, 6) is 0.132. The zero-order valence-electron chi connectivity index (χ0n) is 26.7. The van der Waals surface area contributed by atoms with Crippen LogP contribution in [0.5, 0.6) is 0 Å². The highest BCUT2D eigenvalue weighted by atomic mass is 16.2. The van der Waals surface area contributed by atoms with Crippen molar-refractivity contribution >= 4 is 22.5 Å². The number of aromatic nitrogens is 1. The van der Waals surface area contributed by atoms with Crippen molar-refractivity contribution < 1.29 is 9.90 Å². The first-order valence-electron chi connectivity index (χ1n) is 16.7. The number of hydrogen-bond donors (Lipinski definition) is 2. The number of aromatic amines is 1. The van der Waals surface area contributed by atoms with E-state index in [1.807, 2.05) is 35.2 Å². The van der Waals surface area contributed by atoms with E-state index in [2.05, 4.69) is 49.0 Å². The zero-order chi connectivity index (χ0) is 30.2. The summed E-state index contributed by atoms with van der Waals surface area (Å²) in [7, 11) is 2.07. The van der Waals surface area contributed by atoms with E-state index in [0.29, 0.717) is 0 Å². The first-order chi connectivity index (χ1) is 20.6. The minimum absolute atomic E-state index is 0.0476. The van der Waals surface area contributed by atoms with Crippen molar-refractivity contribution in [1.82, 2.24) is 9.88 Å². The average Bonchev–Trinajstić information content (AvgIpc) is 3.40. The number of fused-ring (bicyclic) bond motifs is 6. The molecule has 42 heavy (non-hydrogen) atoms. The van der Waals surface area contributed by atoms with Gasteiger partial charge in [0.2, 0.25) is 0 Å². The van der Waals surface area contributed by atoms with Gasteiger partial charge in [0.05, 0.1) is 16.9 Å². The fourth-order valence-electron chi connectivity index (χ4n) is 6.28. The van der Waals surface area contributed by atoms with Crippen LogP contribution in [0, 0.1) is 6.92 Å². The molecule has 0 spiro atoms. The number of carbonyl (C=O) groups is 1. The number of rotatable bonds is 13. The molecule has 2 aliphatic heterocycles. The number of benzene rings is 2. The number of H-pyrrole nitrogens is 1. The van der Waals surface area contributed by atoms with Crippen molar-refractivity contribution in [1.29, 1.82) is 0 Å². The monoisotopic (exact) mass is 574 g/mol. The molecule has 231 valence electrons. The molecule has 1 radical (unpaired) electrons. The van der Waals surface area contributed by atoms with Gasteiger partial charge in [-0.2, -0.15) is 0 Å². The predicted molar refractivity (Wildman–Crippen MR) is 179 cm³/mol. The Morgan fingerprint density at radius 3 is 2.00 bits per heavy atom. The van der Waals surface area contributed by atoms with Crippen LogP contribution >= 0.6 is 0 Å². The van der Waals surface area contributed by atoms with Gasteiger partial charge in [-0.05, 0) is 37.1 Å². The lowest BCUT2D eigenvalue weighted by molar-refractivity contribution is 0.0634. The van der Waals surface area contributed by atoms with E-state index < -0.39 is 0 Å². The second-order valence-corrected chi connectivity index (χ2v) is 11.7. The molecule has 0 saturated carbocycles. The van der Waals surface area contributed by atoms with Gasteiger partial charge in [0.25, 0.3) is 5.91 Å². The molecule has 2 N–H and O–H groups in total. The number of amides is 1. The summed E-state index contributed by atoms with van der Waals surface area (Å²) in [6.45, 7) is 8.85. The summed E-state index contributed by atoms with van der Waals surface area (Å²) in [5.41, 5.74) is 5.46. The van der Waals surface area contributed by atoms with Crippen LogP contribution in [0.1, 0.15) is 132 Å². The molecular formula is C37H56N3O2. The molecule has 0 bridgehead atoms.